The van der Waals surface area contributed by atoms with E-state index in [1.807, 2.05) is 53.5 Å². The van der Waals surface area contributed by atoms with Crippen LogP contribution < -0.4 is 28.7 Å². The number of carbonyl (C=O) groups excluding carboxylic acids is 1. The van der Waals surface area contributed by atoms with Crippen LogP contribution in [0.4, 0.5) is 5.69 Å². The van der Waals surface area contributed by atoms with E-state index in [0.29, 0.717) is 134 Å². The molecule has 0 fully saturated rings. The van der Waals surface area contributed by atoms with E-state index in [-0.39, 0.29) is 25.1 Å². The molecule has 3 aromatic carbocycles. The third kappa shape index (κ3) is 13.4. The van der Waals surface area contributed by atoms with Crippen molar-refractivity contribution in [3.63, 3.8) is 0 Å². The van der Waals surface area contributed by atoms with Gasteiger partial charge in [-0.1, -0.05) is 22.6 Å². The van der Waals surface area contributed by atoms with Crippen molar-refractivity contribution in [2.75, 3.05) is 137 Å². The van der Waals surface area contributed by atoms with Gasteiger partial charge in [0.25, 0.3) is 0 Å². The number of hydrogen-bond donors (Lipinski definition) is 1. The highest BCUT2D eigenvalue weighted by atomic mass is 127. The number of anilines is 1. The molecule has 3 aromatic rings. The smallest absolute Gasteiger partial charge is 0.231 e. The molecule has 0 aromatic heterocycles. The highest BCUT2D eigenvalue weighted by molar-refractivity contribution is 14.1. The van der Waals surface area contributed by atoms with Crippen LogP contribution in [0, 0.1) is 11.8 Å². The Labute approximate surface area is 383 Å². The highest BCUT2D eigenvalue weighted by Gasteiger charge is 2.49. The summed E-state index contributed by atoms with van der Waals surface area (Å²) < 4.78 is 68.5. The Bertz CT molecular complexity index is 1870. The lowest BCUT2D eigenvalue weighted by Gasteiger charge is -2.38. The number of carbonyl (C=O) groups is 1. The van der Waals surface area contributed by atoms with E-state index in [1.54, 1.807) is 21.3 Å². The van der Waals surface area contributed by atoms with Crippen LogP contribution >= 0.6 is 22.6 Å². The Morgan fingerprint density at radius 3 is 1.84 bits per heavy atom. The van der Waals surface area contributed by atoms with E-state index in [0.717, 1.165) is 44.9 Å². The van der Waals surface area contributed by atoms with Crippen LogP contribution in [-0.2, 0) is 44.6 Å². The van der Waals surface area contributed by atoms with E-state index in [2.05, 4.69) is 22.6 Å². The van der Waals surface area contributed by atoms with Gasteiger partial charge in [-0.2, -0.15) is 5.10 Å². The van der Waals surface area contributed by atoms with Gasteiger partial charge in [-0.05, 0) is 66.1 Å². The molecule has 63 heavy (non-hydrogen) atoms. The number of Topliss-reactive ketones (excluding diaryl/α,β-unsaturated/α-hetero) is 1. The molecule has 0 spiro atoms. The SMILES string of the molecule is COc1ccc(N2C[C@@H]3C(=N2)c2cc4c(cc2[C@@H](c2cc(CO)c(OC)c(OC)c2)[C@H]3C(=O)CCCOCCOCCOCCOCCOCCOCCOCCI)OCO4)cc1. The molecule has 17 heteroatoms. The maximum Gasteiger partial charge on any atom is 0.231 e. The Balaban J connectivity index is 1.00. The van der Waals surface area contributed by atoms with Crippen molar-refractivity contribution in [3.05, 3.63) is 70.8 Å². The third-order valence-electron chi connectivity index (χ3n) is 10.9. The quantitative estimate of drug-likeness (QED) is 0.0493. The maximum atomic E-state index is 14.8. The van der Waals surface area contributed by atoms with Crippen LogP contribution in [0.1, 0.15) is 41.0 Å². The molecule has 0 saturated carbocycles. The molecule has 0 amide bonds. The molecule has 6 rings (SSSR count). The van der Waals surface area contributed by atoms with E-state index < -0.39 is 11.8 Å². The molecule has 0 saturated heterocycles. The second-order valence-electron chi connectivity index (χ2n) is 14.8. The number of hydrogen-bond acceptors (Lipinski definition) is 16. The Morgan fingerprint density at radius 2 is 1.30 bits per heavy atom. The number of alkyl halides is 1. The average Bonchev–Trinajstić information content (AvgIpc) is 3.98. The number of halogens is 1. The van der Waals surface area contributed by atoms with Gasteiger partial charge < -0.3 is 61.9 Å². The summed E-state index contributed by atoms with van der Waals surface area (Å²) in [5.74, 6) is 1.75. The minimum absolute atomic E-state index is 0.0836. The number of aliphatic hydroxyl groups excluding tert-OH is 1. The number of nitrogens with zero attached hydrogens (tertiary/aromatic N) is 2. The van der Waals surface area contributed by atoms with Crippen LogP contribution in [-0.4, -0.2) is 148 Å². The second-order valence-corrected chi connectivity index (χ2v) is 15.9. The predicted octanol–water partition coefficient (Wildman–Crippen LogP) is 5.44. The van der Waals surface area contributed by atoms with Gasteiger partial charge in [0.05, 0.1) is 132 Å². The average molecular weight is 993 g/mol. The first-order valence-corrected chi connectivity index (χ1v) is 23.0. The fourth-order valence-corrected chi connectivity index (χ4v) is 8.30. The third-order valence-corrected chi connectivity index (χ3v) is 11.4. The number of aliphatic hydroxyl groups is 1. The number of benzene rings is 3. The van der Waals surface area contributed by atoms with E-state index >= 15 is 0 Å². The normalized spacial score (nSPS) is 17.4. The number of ketones is 1. The zero-order valence-electron chi connectivity index (χ0n) is 36.5. The topological polar surface area (TPSA) is 164 Å². The number of ether oxygens (including phenoxy) is 12. The van der Waals surface area contributed by atoms with Gasteiger partial charge in [-0.25, -0.2) is 0 Å². The fraction of sp³-hybridized carbons (Fsp3) is 0.565. The Kier molecular flexibility index (Phi) is 20.3. The molecule has 2 heterocycles. The number of methoxy groups -OCH3 is 3. The van der Waals surface area contributed by atoms with Crippen molar-refractivity contribution in [2.45, 2.75) is 25.4 Å². The molecule has 346 valence electrons. The van der Waals surface area contributed by atoms with Crippen molar-refractivity contribution in [2.24, 2.45) is 16.9 Å². The van der Waals surface area contributed by atoms with Crippen LogP contribution in [0.25, 0.3) is 0 Å². The van der Waals surface area contributed by atoms with Crippen molar-refractivity contribution < 1.29 is 66.7 Å². The first-order valence-electron chi connectivity index (χ1n) is 21.4. The summed E-state index contributed by atoms with van der Waals surface area (Å²) in [6.45, 7) is 7.31. The lowest BCUT2D eigenvalue weighted by Crippen LogP contribution is -2.41. The van der Waals surface area contributed by atoms with Gasteiger partial charge in [0.1, 0.15) is 11.5 Å². The van der Waals surface area contributed by atoms with Crippen molar-refractivity contribution >= 4 is 39.8 Å². The molecule has 3 aliphatic rings. The monoisotopic (exact) mass is 992 g/mol. The second kappa shape index (κ2) is 26.2. The summed E-state index contributed by atoms with van der Waals surface area (Å²) in [5, 5.41) is 17.6. The molecule has 0 radical (unpaired) electrons. The summed E-state index contributed by atoms with van der Waals surface area (Å²) in [5.41, 5.74) is 4.84. The van der Waals surface area contributed by atoms with Crippen LogP contribution in [0.3, 0.4) is 0 Å². The zero-order chi connectivity index (χ0) is 44.2. The first kappa shape index (κ1) is 48.7. The van der Waals surface area contributed by atoms with Gasteiger partial charge >= 0.3 is 0 Å². The van der Waals surface area contributed by atoms with Crippen molar-refractivity contribution in [1.29, 1.82) is 0 Å². The molecule has 0 bridgehead atoms. The van der Waals surface area contributed by atoms with Crippen LogP contribution in [0.5, 0.6) is 28.7 Å². The minimum atomic E-state index is -0.516. The minimum Gasteiger partial charge on any atom is -0.497 e. The number of hydrazone groups is 1. The maximum absolute atomic E-state index is 14.8. The first-order chi connectivity index (χ1) is 31.0. The lowest BCUT2D eigenvalue weighted by atomic mass is 9.63. The molecule has 0 unspecified atom stereocenters. The van der Waals surface area contributed by atoms with E-state index in [4.69, 9.17) is 61.9 Å². The fourth-order valence-electron chi connectivity index (χ4n) is 7.99. The summed E-state index contributed by atoms with van der Waals surface area (Å²) in [6, 6.07) is 15.5. The number of rotatable bonds is 31. The number of fused-ring (bicyclic) bond motifs is 4. The van der Waals surface area contributed by atoms with E-state index in [9.17, 15) is 9.90 Å². The molecule has 16 nitrogen and oxygen atoms in total. The molecule has 2 aliphatic heterocycles. The van der Waals surface area contributed by atoms with E-state index in [1.165, 1.54) is 0 Å². The Morgan fingerprint density at radius 1 is 0.730 bits per heavy atom. The van der Waals surface area contributed by atoms with Gasteiger partial charge in [0.2, 0.25) is 6.79 Å². The summed E-state index contributed by atoms with van der Waals surface area (Å²) in [6.07, 6.45) is 0.821. The zero-order valence-corrected chi connectivity index (χ0v) is 38.7. The van der Waals surface area contributed by atoms with Crippen molar-refractivity contribution in [1.82, 2.24) is 0 Å². The molecule has 3 atom stereocenters. The molecule has 1 aliphatic carbocycles. The van der Waals surface area contributed by atoms with Gasteiger partial charge in [0.15, 0.2) is 23.0 Å². The van der Waals surface area contributed by atoms with Gasteiger partial charge in [0, 0.05) is 46.3 Å². The van der Waals surface area contributed by atoms with Crippen molar-refractivity contribution in [3.8, 4) is 28.7 Å². The highest BCUT2D eigenvalue weighted by Crippen LogP contribution is 2.52. The molecular weight excluding hydrogens is 931 g/mol. The summed E-state index contributed by atoms with van der Waals surface area (Å²) >= 11 is 2.28. The summed E-state index contributed by atoms with van der Waals surface area (Å²) in [4.78, 5) is 14.8. The van der Waals surface area contributed by atoms with Crippen LogP contribution in [0.15, 0.2) is 53.6 Å². The summed E-state index contributed by atoms with van der Waals surface area (Å²) in [7, 11) is 4.74. The van der Waals surface area contributed by atoms with Gasteiger partial charge in [-0.15, -0.1) is 0 Å². The molecule has 1 N–H and O–H groups in total. The van der Waals surface area contributed by atoms with Gasteiger partial charge in [-0.3, -0.25) is 9.80 Å². The largest absolute Gasteiger partial charge is 0.497 e. The van der Waals surface area contributed by atoms with Crippen LogP contribution in [0.2, 0.25) is 0 Å². The Hall–Kier alpha value is -3.79. The lowest BCUT2D eigenvalue weighted by molar-refractivity contribution is -0.124. The molecular formula is C46H61IN2O14. The predicted molar refractivity (Wildman–Crippen MR) is 243 cm³/mol. The standard InChI is InChI=1S/C46H61IN2O14/c1-52-35-8-6-34(7-9-35)49-29-38-44(39(51)5-4-11-55-13-15-57-17-19-59-21-23-61-24-22-60-20-18-58-16-14-56-12-10-47)43(32-25-33(30-50)46(54-3)42(26-32)53-2)36-27-40-41(63-31-62-40)28-37(36)45(38)48-49/h6-9,25-28,38,43-44,50H,4-5,10-24,29-31H2,1-3H3/t38-,43+,44+/m0/s1.